The Bertz CT molecular complexity index is 3270. The third-order valence-corrected chi connectivity index (χ3v) is 21.4. The summed E-state index contributed by atoms with van der Waals surface area (Å²) >= 11 is 0. The summed E-state index contributed by atoms with van der Waals surface area (Å²) in [7, 11) is 0. The topological polar surface area (TPSA) is 831 Å². The van der Waals surface area contributed by atoms with Crippen LogP contribution in [0.5, 0.6) is 0 Å². The van der Waals surface area contributed by atoms with E-state index in [1.807, 2.05) is 0 Å². The lowest BCUT2D eigenvalue weighted by Crippen LogP contribution is -2.72. The molecule has 5 amide bonds. The molecule has 0 unspecified atom stereocenters. The second-order valence-electron chi connectivity index (χ2n) is 29.9. The zero-order valence-electron chi connectivity index (χ0n) is 64.1. The molecule has 9 fully saturated rings. The number of aliphatic carboxylic acids is 1. The first-order valence-electron chi connectivity index (χ1n) is 37.8. The largest absolute Gasteiger partial charge is 0.480 e. The van der Waals surface area contributed by atoms with Crippen LogP contribution in [-0.2, 0) is 109 Å². The van der Waals surface area contributed by atoms with Gasteiger partial charge in [0.05, 0.1) is 71.4 Å². The summed E-state index contributed by atoms with van der Waals surface area (Å²) in [4.78, 5) is 76.3. The molecule has 0 aliphatic carbocycles. The molecule has 46 atom stereocenters. The predicted molar refractivity (Wildman–Crippen MR) is 368 cm³/mol. The lowest BCUT2D eigenvalue weighted by molar-refractivity contribution is -0.396. The van der Waals surface area contributed by atoms with Crippen LogP contribution in [0.2, 0.25) is 0 Å². The maximum Gasteiger partial charge on any atom is 0.321 e. The van der Waals surface area contributed by atoms with Gasteiger partial charge in [0, 0.05) is 27.7 Å². The van der Waals surface area contributed by atoms with E-state index in [0.717, 1.165) is 27.7 Å². The zero-order chi connectivity index (χ0) is 87.9. The molecular weight excluding hydrogens is 1630 g/mol. The van der Waals surface area contributed by atoms with Gasteiger partial charge < -0.3 is 230 Å². The monoisotopic (exact) mass is 1740 g/mol. The molecule has 119 heavy (non-hydrogen) atoms. The molecule has 9 rings (SSSR count). The number of aliphatic hydroxyl groups is 23. The van der Waals surface area contributed by atoms with Gasteiger partial charge in [-0.1, -0.05) is 0 Å². The summed E-state index contributed by atoms with van der Waals surface area (Å²) in [6.07, 6.45) is -86.0. The fraction of sp³-hybridized carbons (Fsp3) is 0.909. The van der Waals surface area contributed by atoms with Crippen molar-refractivity contribution in [3.8, 4) is 0 Å². The van der Waals surface area contributed by atoms with Crippen molar-refractivity contribution in [2.24, 2.45) is 5.73 Å². The number of ether oxygens (including phenoxy) is 17. The minimum atomic E-state index is -2.60. The fourth-order valence-electron chi connectivity index (χ4n) is 15.1. The molecule has 0 aromatic rings. The Kier molecular flexibility index (Phi) is 35.3. The van der Waals surface area contributed by atoms with Gasteiger partial charge in [-0.15, -0.1) is 0 Å². The highest BCUT2D eigenvalue weighted by molar-refractivity contribution is 5.83. The van der Waals surface area contributed by atoms with Crippen molar-refractivity contribution in [2.45, 2.75) is 323 Å². The number of carbonyl (C=O) groups is 6. The number of carboxylic acid groups (broad SMARTS) is 1. The summed E-state index contributed by atoms with van der Waals surface area (Å²) in [6, 6.07) is -9.55. The normalized spacial score (nSPS) is 46.9. The van der Waals surface area contributed by atoms with Gasteiger partial charge in [0.2, 0.25) is 29.5 Å². The van der Waals surface area contributed by atoms with E-state index < -0.39 is 377 Å². The van der Waals surface area contributed by atoms with Gasteiger partial charge >= 0.3 is 5.97 Å². The van der Waals surface area contributed by atoms with Crippen LogP contribution in [0.3, 0.4) is 0 Å². The third-order valence-electron chi connectivity index (χ3n) is 21.4. The summed E-state index contributed by atoms with van der Waals surface area (Å²) in [5.74, 6) is -6.64. The molecule has 0 bridgehead atoms. The van der Waals surface area contributed by atoms with Gasteiger partial charge in [0.25, 0.3) is 0 Å². The van der Waals surface area contributed by atoms with Crippen LogP contribution in [0.1, 0.15) is 41.0 Å². The van der Waals surface area contributed by atoms with Crippen LogP contribution in [0.15, 0.2) is 0 Å². The average molecular weight is 1740 g/mol. The van der Waals surface area contributed by atoms with E-state index in [-0.39, 0.29) is 0 Å². The van der Waals surface area contributed by atoms with Gasteiger partial charge in [-0.05, 0) is 6.92 Å². The van der Waals surface area contributed by atoms with Crippen molar-refractivity contribution in [3.05, 3.63) is 0 Å². The standard InChI is InChI=1S/C66H110N6O47/c1-15-34(84)44(94)48(98)62(105-15)103-14-28-53(41(91)30(68-16(2)79)57(106-28)72-20(58(101)102)6-29(67)83)114-60-32(70-18(4)81)42(92)52(26(12-78)111-60)116-64-50(100)54(117-66-56(47(97)38(88)24(10-76)110-66)119-59-31(69-17(3)80)40(90)35(85)21(7-73)107-59)39(89)27(113-64)13-104-65-55(46(96)37(87)23(9-75)109-65)118-61-33(71-19(5)82)43(93)51(25(11-77)112-61)115-63-49(99)45(95)36(86)22(8-74)108-63/h15,20-28,30-57,59-66,72-78,84-100H,6-14H2,1-5H3,(H2,67,83)(H,68,79)(H,69,80)(H,70,81)(H,71,82)(H,101,102)/t15-,20+,21-,22-,23-,24-,25-,26-,27-,28-,30-,31-,32-,33-,34+,35-,36+,37-,38-,39-,40-,41-,42-,43-,44+,45+,46+,47+,48-,49-,50+,51-,52-,53-,54+,55+,56+,57-,59+,60+,61+,62+,63+,64+,65+,66-/m1/s1. The van der Waals surface area contributed by atoms with Crippen LogP contribution in [0.25, 0.3) is 0 Å². The molecular formula is C66H110N6O47. The summed E-state index contributed by atoms with van der Waals surface area (Å²) in [5.41, 5.74) is 5.34. The van der Waals surface area contributed by atoms with E-state index in [2.05, 4.69) is 26.6 Å². The van der Waals surface area contributed by atoms with Crippen LogP contribution < -0.4 is 32.3 Å². The summed E-state index contributed by atoms with van der Waals surface area (Å²) in [6.45, 7) is -3.84. The molecule has 9 aliphatic heterocycles. The maximum atomic E-state index is 13.3. The van der Waals surface area contributed by atoms with Crippen molar-refractivity contribution in [1.82, 2.24) is 26.6 Å². The van der Waals surface area contributed by atoms with Crippen LogP contribution in [-0.4, -0.2) is 493 Å². The maximum absolute atomic E-state index is 13.3. The van der Waals surface area contributed by atoms with Crippen molar-refractivity contribution in [2.75, 3.05) is 52.9 Å². The quantitative estimate of drug-likeness (QED) is 0.0290. The summed E-state index contributed by atoms with van der Waals surface area (Å²) < 4.78 is 102. The highest BCUT2D eigenvalue weighted by Gasteiger charge is 2.61. The van der Waals surface area contributed by atoms with Gasteiger partial charge in [-0.25, -0.2) is 0 Å². The van der Waals surface area contributed by atoms with Crippen LogP contribution >= 0.6 is 0 Å². The Labute approximate surface area is 673 Å². The number of hydrogen-bond donors (Lipinski definition) is 30. The van der Waals surface area contributed by atoms with Gasteiger partial charge in [0.15, 0.2) is 50.3 Å². The Morgan fingerprint density at radius 2 is 0.639 bits per heavy atom. The average Bonchev–Trinajstić information content (AvgIpc) is 0.768. The minimum absolute atomic E-state index is 0.889. The van der Waals surface area contributed by atoms with Crippen molar-refractivity contribution >= 4 is 35.5 Å². The van der Waals surface area contributed by atoms with E-state index >= 15 is 0 Å². The van der Waals surface area contributed by atoms with E-state index in [9.17, 15) is 151 Å². The molecule has 9 heterocycles. The number of carboxylic acids is 1. The molecule has 0 aromatic carbocycles. The first kappa shape index (κ1) is 98.0. The molecule has 53 nitrogen and oxygen atoms in total. The Morgan fingerprint density at radius 3 is 1.10 bits per heavy atom. The highest BCUT2D eigenvalue weighted by Crippen LogP contribution is 2.40. The number of primary amides is 1. The molecule has 31 N–H and O–H groups in total. The number of nitrogens with one attached hydrogen (secondary N) is 5. The number of aliphatic hydroxyl groups excluding tert-OH is 23. The third kappa shape index (κ3) is 22.5. The lowest BCUT2D eigenvalue weighted by atomic mass is 9.93. The SMILES string of the molecule is CC(=O)N[C@@H]1[C@@H](O)[C@H](O[C@@H]2O[C@H](CO)[C@@H](O[C@@H]3O[C@H](CO[C@H]4O[C@H](CO)[C@@H](O)[C@H](O)[C@@H]4O[C@@H]4O[C@H](CO)[C@@H](O[C@@H]5O[C@H](CO)[C@H](O)[C@H](O)[C@H]5O)[C@H](O)[C@H]4NC(C)=O)[C@@H](O)[C@H](O[C@H]4O[C@H](CO)[C@@H](O)[C@H](O)[C@@H]4O[C@@H]4O[C@H](CO)[C@@H](O)[C@H](O)[C@H]4NC(C)=O)[C@@H]3O)[C@H](O)[C@H]2NC(C)=O)[C@@H](CO[C@H]2O[C@H](C)[C@H](O)[C@H](O)[C@H]2O)O[C@H]1N[C@@H](CC(N)=O)C(=O)O. The number of rotatable bonds is 33. The van der Waals surface area contributed by atoms with Gasteiger partial charge in [-0.2, -0.15) is 0 Å². The highest BCUT2D eigenvalue weighted by atomic mass is 16.8. The number of carbonyl (C=O) groups excluding carboxylic acids is 5. The smallest absolute Gasteiger partial charge is 0.321 e. The minimum Gasteiger partial charge on any atom is -0.480 e. The van der Waals surface area contributed by atoms with Gasteiger partial charge in [-0.3, -0.25) is 34.1 Å². The van der Waals surface area contributed by atoms with Crippen molar-refractivity contribution in [3.63, 3.8) is 0 Å². The van der Waals surface area contributed by atoms with E-state index in [0.29, 0.717) is 0 Å². The van der Waals surface area contributed by atoms with Gasteiger partial charge in [0.1, 0.15) is 220 Å². The molecule has 0 radical (unpaired) electrons. The second kappa shape index (κ2) is 42.9. The number of amides is 5. The Hall–Kier alpha value is -4.82. The van der Waals surface area contributed by atoms with E-state index in [1.165, 1.54) is 6.92 Å². The number of hydrogen-bond acceptors (Lipinski definition) is 47. The number of nitrogens with two attached hydrogens (primary N) is 1. The van der Waals surface area contributed by atoms with E-state index in [1.54, 1.807) is 0 Å². The molecule has 9 saturated heterocycles. The second-order valence-corrected chi connectivity index (χ2v) is 29.9. The molecule has 9 aliphatic rings. The first-order chi connectivity index (χ1) is 56.1. The zero-order valence-corrected chi connectivity index (χ0v) is 64.1. The fourth-order valence-corrected chi connectivity index (χ4v) is 15.1. The predicted octanol–water partition coefficient (Wildman–Crippen LogP) is -20.1. The molecule has 53 heteroatoms. The van der Waals surface area contributed by atoms with Crippen LogP contribution in [0, 0.1) is 0 Å². The molecule has 0 saturated carbocycles. The van der Waals surface area contributed by atoms with Crippen LogP contribution in [0.4, 0.5) is 0 Å². The first-order valence-corrected chi connectivity index (χ1v) is 37.8. The van der Waals surface area contributed by atoms with E-state index in [4.69, 9.17) is 86.3 Å². The Morgan fingerprint density at radius 1 is 0.311 bits per heavy atom. The molecule has 686 valence electrons. The van der Waals surface area contributed by atoms with Crippen molar-refractivity contribution in [1.29, 1.82) is 0 Å². The van der Waals surface area contributed by atoms with Crippen molar-refractivity contribution < 1.29 is 232 Å². The Balaban J connectivity index is 1.07. The molecule has 0 aromatic heterocycles. The lowest BCUT2D eigenvalue weighted by Gasteiger charge is -2.51. The summed E-state index contributed by atoms with van der Waals surface area (Å²) in [5, 5.41) is 279. The molecule has 0 spiro atoms.